The Balaban J connectivity index is 0.982. The summed E-state index contributed by atoms with van der Waals surface area (Å²) < 4.78 is 12.8. The Bertz CT molecular complexity index is 3630. The Hall–Kier alpha value is -8.40. The van der Waals surface area contributed by atoms with Gasteiger partial charge in [-0.25, -0.2) is 0 Å². The number of rotatable bonds is 8. The molecule has 2 aromatic heterocycles. The predicted molar refractivity (Wildman–Crippen MR) is 263 cm³/mol. The van der Waals surface area contributed by atoms with Gasteiger partial charge in [0.05, 0.1) is 0 Å². The third-order valence-electron chi connectivity index (χ3n) is 12.3. The van der Waals surface area contributed by atoms with Crippen molar-refractivity contribution in [3.8, 4) is 55.6 Å². The predicted octanol–water partition coefficient (Wildman–Crippen LogP) is 17.3. The minimum atomic E-state index is 0.865. The Morgan fingerprint density at radius 3 is 1.37 bits per heavy atom. The fraction of sp³-hybridized carbons (Fsp3) is 0. The minimum absolute atomic E-state index is 0.865. The molecule has 0 radical (unpaired) electrons. The van der Waals surface area contributed by atoms with E-state index in [1.54, 1.807) is 0 Å². The van der Waals surface area contributed by atoms with Gasteiger partial charge in [-0.2, -0.15) is 0 Å². The fourth-order valence-corrected chi connectivity index (χ4v) is 9.39. The molecule has 3 nitrogen and oxygen atoms in total. The zero-order chi connectivity index (χ0) is 41.7. The van der Waals surface area contributed by atoms with Crippen molar-refractivity contribution >= 4 is 60.9 Å². The van der Waals surface area contributed by atoms with E-state index in [1.807, 2.05) is 24.3 Å². The second kappa shape index (κ2) is 15.3. The summed E-state index contributed by atoms with van der Waals surface area (Å²) in [5.41, 5.74) is 18.3. The normalized spacial score (nSPS) is 11.5. The lowest BCUT2D eigenvalue weighted by atomic mass is 9.87. The van der Waals surface area contributed by atoms with E-state index in [4.69, 9.17) is 8.83 Å². The number of hydrogen-bond acceptors (Lipinski definition) is 3. The first kappa shape index (κ1) is 36.5. The molecule has 0 spiro atoms. The average Bonchev–Trinajstić information content (AvgIpc) is 3.93. The van der Waals surface area contributed by atoms with Crippen molar-refractivity contribution in [1.29, 1.82) is 0 Å². The second-order valence-corrected chi connectivity index (χ2v) is 16.0. The van der Waals surface area contributed by atoms with E-state index in [2.05, 4.69) is 217 Å². The van der Waals surface area contributed by atoms with Crippen LogP contribution >= 0.6 is 0 Å². The second-order valence-electron chi connectivity index (χ2n) is 16.0. The standard InChI is InChI=1S/C60H39NO2/c1-2-16-40(17-3-1)46-20-4-6-22-49(46)51-24-8-9-25-52(51)50-23-7-5-21-47(50)41-32-34-43(35-33-41)61(45-36-37-59-56(39-45)54-27-11-12-30-57(54)62-59)44-19-14-18-42(38-44)48-28-15-29-55-53-26-10-13-31-58(53)63-60(48)55/h1-39H. The maximum atomic E-state index is 6.52. The summed E-state index contributed by atoms with van der Waals surface area (Å²) in [6.45, 7) is 0. The highest BCUT2D eigenvalue weighted by Gasteiger charge is 2.20. The number of hydrogen-bond donors (Lipinski definition) is 0. The molecule has 2 heterocycles. The Morgan fingerprint density at radius 2 is 0.683 bits per heavy atom. The summed E-state index contributed by atoms with van der Waals surface area (Å²) in [5.74, 6) is 0. The van der Waals surface area contributed by atoms with Crippen molar-refractivity contribution in [2.24, 2.45) is 0 Å². The van der Waals surface area contributed by atoms with Crippen LogP contribution < -0.4 is 4.90 Å². The monoisotopic (exact) mass is 805 g/mol. The number of para-hydroxylation sites is 3. The Labute approximate surface area is 365 Å². The van der Waals surface area contributed by atoms with E-state index in [-0.39, 0.29) is 0 Å². The molecule has 12 aromatic rings. The van der Waals surface area contributed by atoms with Crippen LogP contribution in [0.3, 0.4) is 0 Å². The maximum Gasteiger partial charge on any atom is 0.143 e. The van der Waals surface area contributed by atoms with Gasteiger partial charge in [0.1, 0.15) is 22.3 Å². The summed E-state index contributed by atoms with van der Waals surface area (Å²) in [5, 5.41) is 4.41. The highest BCUT2D eigenvalue weighted by Crippen LogP contribution is 2.45. The van der Waals surface area contributed by atoms with E-state index in [9.17, 15) is 0 Å². The number of fused-ring (bicyclic) bond motifs is 6. The molecule has 0 N–H and O–H groups in total. The molecular formula is C60H39NO2. The quantitative estimate of drug-likeness (QED) is 0.153. The smallest absolute Gasteiger partial charge is 0.143 e. The van der Waals surface area contributed by atoms with E-state index in [0.29, 0.717) is 0 Å². The van der Waals surface area contributed by atoms with Crippen LogP contribution in [0.1, 0.15) is 0 Å². The van der Waals surface area contributed by atoms with Crippen molar-refractivity contribution in [1.82, 2.24) is 0 Å². The zero-order valence-corrected chi connectivity index (χ0v) is 34.3. The number of benzene rings is 10. The molecule has 0 unspecified atom stereocenters. The molecule has 0 amide bonds. The van der Waals surface area contributed by atoms with Gasteiger partial charge in [0, 0.05) is 44.2 Å². The molecule has 3 heteroatoms. The highest BCUT2D eigenvalue weighted by atomic mass is 16.3. The van der Waals surface area contributed by atoms with Gasteiger partial charge in [0.15, 0.2) is 0 Å². The fourth-order valence-electron chi connectivity index (χ4n) is 9.39. The van der Waals surface area contributed by atoms with Crippen LogP contribution in [0.5, 0.6) is 0 Å². The van der Waals surface area contributed by atoms with Gasteiger partial charge in [-0.15, -0.1) is 0 Å². The van der Waals surface area contributed by atoms with Crippen LogP contribution in [0.15, 0.2) is 245 Å². The van der Waals surface area contributed by atoms with Crippen molar-refractivity contribution in [3.63, 3.8) is 0 Å². The van der Waals surface area contributed by atoms with Gasteiger partial charge in [0.25, 0.3) is 0 Å². The minimum Gasteiger partial charge on any atom is -0.456 e. The largest absolute Gasteiger partial charge is 0.456 e. The first-order valence-electron chi connectivity index (χ1n) is 21.4. The van der Waals surface area contributed by atoms with Crippen LogP contribution in [-0.4, -0.2) is 0 Å². The summed E-state index contributed by atoms with van der Waals surface area (Å²) in [4.78, 5) is 2.34. The van der Waals surface area contributed by atoms with E-state index < -0.39 is 0 Å². The van der Waals surface area contributed by atoms with Gasteiger partial charge in [-0.05, 0) is 105 Å². The molecule has 0 saturated carbocycles. The molecule has 0 aliphatic heterocycles. The van der Waals surface area contributed by atoms with E-state index in [1.165, 1.54) is 38.9 Å². The number of furan rings is 2. The van der Waals surface area contributed by atoms with Crippen LogP contribution in [0.25, 0.3) is 99.5 Å². The molecular weight excluding hydrogens is 767 g/mol. The van der Waals surface area contributed by atoms with Crippen LogP contribution in [0, 0.1) is 0 Å². The highest BCUT2D eigenvalue weighted by molar-refractivity contribution is 6.10. The van der Waals surface area contributed by atoms with Crippen molar-refractivity contribution < 1.29 is 8.83 Å². The van der Waals surface area contributed by atoms with Crippen LogP contribution in [0.4, 0.5) is 17.1 Å². The molecule has 0 fully saturated rings. The lowest BCUT2D eigenvalue weighted by Gasteiger charge is -2.26. The molecule has 0 saturated heterocycles. The summed E-state index contributed by atoms with van der Waals surface area (Å²) in [6, 6.07) is 84.2. The molecule has 12 rings (SSSR count). The molecule has 63 heavy (non-hydrogen) atoms. The van der Waals surface area contributed by atoms with Crippen LogP contribution in [0.2, 0.25) is 0 Å². The number of anilines is 3. The van der Waals surface area contributed by atoms with E-state index >= 15 is 0 Å². The first-order chi connectivity index (χ1) is 31.2. The van der Waals surface area contributed by atoms with E-state index in [0.717, 1.165) is 77.6 Å². The van der Waals surface area contributed by atoms with Crippen molar-refractivity contribution in [3.05, 3.63) is 237 Å². The lowest BCUT2D eigenvalue weighted by molar-refractivity contribution is 0.669. The van der Waals surface area contributed by atoms with Gasteiger partial charge < -0.3 is 13.7 Å². The molecule has 296 valence electrons. The topological polar surface area (TPSA) is 29.5 Å². The Morgan fingerprint density at radius 1 is 0.238 bits per heavy atom. The lowest BCUT2D eigenvalue weighted by Crippen LogP contribution is -2.10. The van der Waals surface area contributed by atoms with Gasteiger partial charge in [-0.1, -0.05) is 182 Å². The van der Waals surface area contributed by atoms with Crippen LogP contribution in [-0.2, 0) is 0 Å². The SMILES string of the molecule is c1ccc(-c2ccccc2-c2ccccc2-c2ccccc2-c2ccc(N(c3cccc(-c4cccc5c4oc4ccccc45)c3)c3ccc4oc5ccccc5c4c3)cc2)cc1. The Kier molecular flexibility index (Phi) is 8.83. The van der Waals surface area contributed by atoms with Gasteiger partial charge in [-0.3, -0.25) is 0 Å². The third kappa shape index (κ3) is 6.38. The maximum absolute atomic E-state index is 6.52. The molecule has 0 aliphatic carbocycles. The third-order valence-corrected chi connectivity index (χ3v) is 12.3. The average molecular weight is 806 g/mol. The summed E-state index contributed by atoms with van der Waals surface area (Å²) in [7, 11) is 0. The molecule has 0 atom stereocenters. The number of nitrogens with zero attached hydrogens (tertiary/aromatic N) is 1. The summed E-state index contributed by atoms with van der Waals surface area (Å²) in [6.07, 6.45) is 0. The van der Waals surface area contributed by atoms with Gasteiger partial charge >= 0.3 is 0 Å². The van der Waals surface area contributed by atoms with Crippen molar-refractivity contribution in [2.75, 3.05) is 4.90 Å². The first-order valence-corrected chi connectivity index (χ1v) is 21.4. The zero-order valence-electron chi connectivity index (χ0n) is 34.3. The molecule has 0 bridgehead atoms. The molecule has 10 aromatic carbocycles. The van der Waals surface area contributed by atoms with Gasteiger partial charge in [0.2, 0.25) is 0 Å². The summed E-state index contributed by atoms with van der Waals surface area (Å²) >= 11 is 0. The van der Waals surface area contributed by atoms with Crippen molar-refractivity contribution in [2.45, 2.75) is 0 Å². The molecule has 0 aliphatic rings.